The van der Waals surface area contributed by atoms with Crippen LogP contribution in [0.15, 0.2) is 5.51 Å². The quantitative estimate of drug-likeness (QED) is 0.737. The Morgan fingerprint density at radius 3 is 2.31 bits per heavy atom. The van der Waals surface area contributed by atoms with Crippen molar-refractivity contribution in [3.05, 3.63) is 16.1 Å². The van der Waals surface area contributed by atoms with Gasteiger partial charge in [0.25, 0.3) is 0 Å². The average molecular weight is 246 g/mol. The fourth-order valence-electron chi connectivity index (χ4n) is 1.28. The first kappa shape index (κ1) is 18.8. The first-order valence-electron chi connectivity index (χ1n) is 3.38. The van der Waals surface area contributed by atoms with Gasteiger partial charge in [-0.3, -0.25) is 0 Å². The third-order valence-corrected chi connectivity index (χ3v) is 2.73. The molecule has 80 valence electrons. The van der Waals surface area contributed by atoms with E-state index in [1.165, 1.54) is 36.3 Å². The fourth-order valence-corrected chi connectivity index (χ4v) is 2.14. The van der Waals surface area contributed by atoms with Crippen molar-refractivity contribution in [1.82, 2.24) is 17.3 Å². The highest BCUT2D eigenvalue weighted by Gasteiger charge is 2.09. The molecule has 0 saturated carbocycles. The van der Waals surface area contributed by atoms with Gasteiger partial charge in [-0.1, -0.05) is 0 Å². The van der Waals surface area contributed by atoms with E-state index in [9.17, 15) is 0 Å². The van der Waals surface area contributed by atoms with Gasteiger partial charge in [-0.15, -0.1) is 36.2 Å². The van der Waals surface area contributed by atoms with Gasteiger partial charge < -0.3 is 12.3 Å². The highest BCUT2D eigenvalue weighted by molar-refractivity contribution is 7.09. The molecule has 0 atom stereocenters. The van der Waals surface area contributed by atoms with Crippen LogP contribution in [0.5, 0.6) is 0 Å². The molecule has 0 aromatic carbocycles. The van der Waals surface area contributed by atoms with Crippen LogP contribution in [0.2, 0.25) is 0 Å². The Hall–Kier alpha value is 0.130. The standard InChI is InChI=1S/C7H9NS.2ClH.2H3N/c1-2-4-7-6(3-1)8-5-9-7;;;;/h5H,1-4H2;2*1H;2*1H3. The minimum atomic E-state index is 0. The fraction of sp³-hybridized carbons (Fsp3) is 0.571. The van der Waals surface area contributed by atoms with Crippen LogP contribution in [-0.2, 0) is 12.8 Å². The largest absolute Gasteiger partial charge is 0.344 e. The zero-order chi connectivity index (χ0) is 6.10. The van der Waals surface area contributed by atoms with Gasteiger partial charge in [0.05, 0.1) is 11.2 Å². The lowest BCUT2D eigenvalue weighted by atomic mass is 10.0. The second-order valence-electron chi connectivity index (χ2n) is 2.43. The van der Waals surface area contributed by atoms with Gasteiger partial charge in [0, 0.05) is 4.88 Å². The van der Waals surface area contributed by atoms with E-state index in [-0.39, 0.29) is 37.1 Å². The van der Waals surface area contributed by atoms with Crippen LogP contribution in [0, 0.1) is 0 Å². The van der Waals surface area contributed by atoms with Crippen molar-refractivity contribution < 1.29 is 0 Å². The molecule has 0 fully saturated rings. The summed E-state index contributed by atoms with van der Waals surface area (Å²) in [6.07, 6.45) is 5.21. The van der Waals surface area contributed by atoms with Gasteiger partial charge >= 0.3 is 0 Å². The van der Waals surface area contributed by atoms with Gasteiger partial charge in [0.2, 0.25) is 0 Å². The SMILES string of the molecule is Cl.Cl.N.N.c1nc2c(s1)CCCC2. The highest BCUT2D eigenvalue weighted by atomic mass is 35.5. The summed E-state index contributed by atoms with van der Waals surface area (Å²) in [5, 5.41) is 0. The summed E-state index contributed by atoms with van der Waals surface area (Å²) in [7, 11) is 0. The summed E-state index contributed by atoms with van der Waals surface area (Å²) in [6.45, 7) is 0. The number of rotatable bonds is 0. The van der Waals surface area contributed by atoms with E-state index in [0.29, 0.717) is 0 Å². The smallest absolute Gasteiger partial charge is 0.0797 e. The molecule has 1 aliphatic rings. The first-order chi connectivity index (χ1) is 4.47. The summed E-state index contributed by atoms with van der Waals surface area (Å²) >= 11 is 1.81. The van der Waals surface area contributed by atoms with Crippen LogP contribution in [0.3, 0.4) is 0 Å². The lowest BCUT2D eigenvalue weighted by Gasteiger charge is -2.06. The molecule has 0 saturated heterocycles. The molecule has 1 aliphatic carbocycles. The molecule has 1 heterocycles. The lowest BCUT2D eigenvalue weighted by Crippen LogP contribution is -1.98. The third-order valence-electron chi connectivity index (χ3n) is 1.79. The van der Waals surface area contributed by atoms with Crippen molar-refractivity contribution in [2.45, 2.75) is 25.7 Å². The number of hydrogen-bond acceptors (Lipinski definition) is 4. The maximum atomic E-state index is 4.28. The van der Waals surface area contributed by atoms with E-state index in [1.54, 1.807) is 0 Å². The molecule has 0 unspecified atom stereocenters. The third kappa shape index (κ3) is 4.24. The molecule has 0 aliphatic heterocycles. The van der Waals surface area contributed by atoms with Crippen LogP contribution in [-0.4, -0.2) is 4.98 Å². The maximum Gasteiger partial charge on any atom is 0.0797 e. The number of thiazole rings is 1. The van der Waals surface area contributed by atoms with Crippen molar-refractivity contribution in [3.8, 4) is 0 Å². The summed E-state index contributed by atoms with van der Waals surface area (Å²) in [5.41, 5.74) is 3.34. The normalized spacial score (nSPS) is 12.0. The van der Waals surface area contributed by atoms with Crippen molar-refractivity contribution in [3.63, 3.8) is 0 Å². The second-order valence-corrected chi connectivity index (χ2v) is 3.37. The molecule has 0 spiro atoms. The minimum Gasteiger partial charge on any atom is -0.344 e. The van der Waals surface area contributed by atoms with Crippen LogP contribution >= 0.6 is 36.2 Å². The van der Waals surface area contributed by atoms with Crippen LogP contribution < -0.4 is 12.3 Å². The number of aromatic nitrogens is 1. The molecule has 13 heavy (non-hydrogen) atoms. The zero-order valence-electron chi connectivity index (χ0n) is 7.49. The van der Waals surface area contributed by atoms with E-state index in [1.807, 2.05) is 16.8 Å². The van der Waals surface area contributed by atoms with E-state index in [0.717, 1.165) is 0 Å². The summed E-state index contributed by atoms with van der Waals surface area (Å²) in [6, 6.07) is 0. The molecule has 3 nitrogen and oxygen atoms in total. The monoisotopic (exact) mass is 245 g/mol. The summed E-state index contributed by atoms with van der Waals surface area (Å²) in [4.78, 5) is 5.80. The molecule has 2 rings (SSSR count). The average Bonchev–Trinajstić information content (AvgIpc) is 2.33. The van der Waals surface area contributed by atoms with Crippen molar-refractivity contribution in [2.75, 3.05) is 0 Å². The van der Waals surface area contributed by atoms with Crippen LogP contribution in [0.25, 0.3) is 0 Å². The van der Waals surface area contributed by atoms with E-state index < -0.39 is 0 Å². The van der Waals surface area contributed by atoms with Crippen molar-refractivity contribution in [2.24, 2.45) is 0 Å². The Kier molecular flexibility index (Phi) is 12.6. The molecule has 0 radical (unpaired) electrons. The Labute approximate surface area is 95.3 Å². The molecule has 0 amide bonds. The number of aryl methyl sites for hydroxylation is 2. The lowest BCUT2D eigenvalue weighted by molar-refractivity contribution is 0.682. The van der Waals surface area contributed by atoms with Gasteiger partial charge in [0.1, 0.15) is 0 Å². The second kappa shape index (κ2) is 8.72. The number of halogens is 2. The van der Waals surface area contributed by atoms with Gasteiger partial charge in [0.15, 0.2) is 0 Å². The topological polar surface area (TPSA) is 82.9 Å². The van der Waals surface area contributed by atoms with E-state index in [2.05, 4.69) is 4.98 Å². The van der Waals surface area contributed by atoms with Crippen LogP contribution in [0.1, 0.15) is 23.4 Å². The molecule has 0 bridgehead atoms. The van der Waals surface area contributed by atoms with Gasteiger partial charge in [-0.05, 0) is 25.7 Å². The molecular formula is C7H17Cl2N3S. The van der Waals surface area contributed by atoms with Crippen molar-refractivity contribution >= 4 is 36.2 Å². The Morgan fingerprint density at radius 1 is 1.08 bits per heavy atom. The summed E-state index contributed by atoms with van der Waals surface area (Å²) in [5.74, 6) is 0. The summed E-state index contributed by atoms with van der Waals surface area (Å²) < 4.78 is 0. The number of hydrogen-bond donors (Lipinski definition) is 2. The zero-order valence-corrected chi connectivity index (χ0v) is 9.94. The minimum absolute atomic E-state index is 0. The number of fused-ring (bicyclic) bond motifs is 1. The van der Waals surface area contributed by atoms with Crippen molar-refractivity contribution in [1.29, 1.82) is 0 Å². The van der Waals surface area contributed by atoms with Gasteiger partial charge in [-0.25, -0.2) is 4.98 Å². The Morgan fingerprint density at radius 2 is 1.69 bits per heavy atom. The van der Waals surface area contributed by atoms with E-state index >= 15 is 0 Å². The molecule has 1 aromatic rings. The molecule has 1 aromatic heterocycles. The Balaban J connectivity index is -0.000000250. The predicted octanol–water partition coefficient (Wildman–Crippen LogP) is 3.19. The van der Waals surface area contributed by atoms with Crippen LogP contribution in [0.4, 0.5) is 0 Å². The Bertz CT molecular complexity index is 197. The predicted molar refractivity (Wildman–Crippen MR) is 63.3 cm³/mol. The van der Waals surface area contributed by atoms with E-state index in [4.69, 9.17) is 0 Å². The maximum absolute atomic E-state index is 4.28. The molecular weight excluding hydrogens is 229 g/mol. The molecule has 6 N–H and O–H groups in total. The highest BCUT2D eigenvalue weighted by Crippen LogP contribution is 2.22. The molecule has 6 heteroatoms. The first-order valence-corrected chi connectivity index (χ1v) is 4.26. The van der Waals surface area contributed by atoms with Gasteiger partial charge in [-0.2, -0.15) is 0 Å². The number of nitrogens with zero attached hydrogens (tertiary/aromatic N) is 1.